The van der Waals surface area contributed by atoms with Crippen LogP contribution in [0.1, 0.15) is 29.6 Å². The number of carbonyl (C=O) groups excluding carboxylic acids is 1. The van der Waals surface area contributed by atoms with Crippen molar-refractivity contribution >= 4 is 17.4 Å². The molecule has 0 radical (unpaired) electrons. The summed E-state index contributed by atoms with van der Waals surface area (Å²) in [5.41, 5.74) is 5.20. The number of fused-ring (bicyclic) bond motifs is 5. The fraction of sp³-hybridized carbons (Fsp3) is 0.571. The first kappa shape index (κ1) is 12.6. The van der Waals surface area contributed by atoms with Gasteiger partial charge in [-0.1, -0.05) is 0 Å². The maximum absolute atomic E-state index is 11.5. The van der Waals surface area contributed by atoms with Gasteiger partial charge in [-0.25, -0.2) is 4.98 Å². The van der Waals surface area contributed by atoms with Gasteiger partial charge in [0.15, 0.2) is 0 Å². The summed E-state index contributed by atoms with van der Waals surface area (Å²) in [4.78, 5) is 25.7. The van der Waals surface area contributed by atoms with Crippen LogP contribution in [0, 0.1) is 33.8 Å². The van der Waals surface area contributed by atoms with E-state index in [0.29, 0.717) is 23.7 Å². The van der Waals surface area contributed by atoms with Crippen LogP contribution in [0.4, 0.5) is 11.5 Å². The molecule has 7 heteroatoms. The van der Waals surface area contributed by atoms with E-state index < -0.39 is 10.8 Å². The normalized spacial score (nSPS) is 35.3. The van der Waals surface area contributed by atoms with Gasteiger partial charge in [0.2, 0.25) is 0 Å². The molecule has 7 nitrogen and oxygen atoms in total. The van der Waals surface area contributed by atoms with Gasteiger partial charge >= 0.3 is 0 Å². The molecule has 21 heavy (non-hydrogen) atoms. The molecule has 1 aromatic heterocycles. The fourth-order valence-electron chi connectivity index (χ4n) is 4.53. The highest BCUT2D eigenvalue weighted by molar-refractivity contribution is 5.98. The lowest BCUT2D eigenvalue weighted by Crippen LogP contribution is -2.19. The highest BCUT2D eigenvalue weighted by atomic mass is 16.6. The minimum absolute atomic E-state index is 0.0986. The molecule has 0 aliphatic heterocycles. The lowest BCUT2D eigenvalue weighted by molar-refractivity contribution is -0.385. The van der Waals surface area contributed by atoms with Gasteiger partial charge in [-0.15, -0.1) is 0 Å². The number of nitrogens with two attached hydrogens (primary N) is 1. The number of anilines is 1. The highest BCUT2D eigenvalue weighted by Gasteiger charge is 2.65. The van der Waals surface area contributed by atoms with Gasteiger partial charge in [-0.05, 0) is 42.9 Å². The first-order valence-corrected chi connectivity index (χ1v) is 7.27. The van der Waals surface area contributed by atoms with Crippen LogP contribution < -0.4 is 11.1 Å². The van der Waals surface area contributed by atoms with Crippen LogP contribution in [-0.4, -0.2) is 21.9 Å². The van der Waals surface area contributed by atoms with Crippen molar-refractivity contribution in [2.75, 3.05) is 5.32 Å². The van der Waals surface area contributed by atoms with E-state index in [0.717, 1.165) is 11.8 Å². The minimum Gasteiger partial charge on any atom is -0.366 e. The topological polar surface area (TPSA) is 111 Å². The Balaban J connectivity index is 1.58. The van der Waals surface area contributed by atoms with Crippen molar-refractivity contribution in [2.24, 2.45) is 29.4 Å². The van der Waals surface area contributed by atoms with Crippen molar-refractivity contribution in [1.82, 2.24) is 4.98 Å². The first-order chi connectivity index (χ1) is 10.1. The second-order valence-corrected chi connectivity index (χ2v) is 6.37. The molecule has 1 aromatic rings. The Labute approximate surface area is 121 Å². The maximum Gasteiger partial charge on any atom is 0.288 e. The van der Waals surface area contributed by atoms with E-state index in [1.54, 1.807) is 0 Å². The summed E-state index contributed by atoms with van der Waals surface area (Å²) >= 11 is 0. The van der Waals surface area contributed by atoms with Gasteiger partial charge in [0.25, 0.3) is 11.6 Å². The van der Waals surface area contributed by atoms with E-state index in [2.05, 4.69) is 10.3 Å². The summed E-state index contributed by atoms with van der Waals surface area (Å²) in [6, 6.07) is 1.55. The zero-order chi connectivity index (χ0) is 14.7. The molecule has 4 rings (SSSR count). The fourth-order valence-corrected chi connectivity index (χ4v) is 4.53. The molecule has 3 aliphatic carbocycles. The number of hydrogen-bond acceptors (Lipinski definition) is 5. The molecule has 1 amide bonds. The Kier molecular flexibility index (Phi) is 2.49. The number of rotatable bonds is 4. The molecular weight excluding hydrogens is 272 g/mol. The molecule has 0 spiro atoms. The Hall–Kier alpha value is -2.18. The third kappa shape index (κ3) is 1.80. The number of amides is 1. The van der Waals surface area contributed by atoms with E-state index in [-0.39, 0.29) is 11.3 Å². The predicted octanol–water partition coefficient (Wildman–Crippen LogP) is 1.55. The molecule has 0 saturated heterocycles. The zero-order valence-electron chi connectivity index (χ0n) is 11.4. The molecule has 4 unspecified atom stereocenters. The van der Waals surface area contributed by atoms with Crippen LogP contribution >= 0.6 is 0 Å². The molecule has 3 saturated carbocycles. The number of carbonyl (C=O) groups is 1. The third-order valence-corrected chi connectivity index (χ3v) is 5.39. The number of nitrogens with one attached hydrogen (secondary N) is 1. The largest absolute Gasteiger partial charge is 0.366 e. The van der Waals surface area contributed by atoms with E-state index in [4.69, 9.17) is 5.73 Å². The molecular formula is C14H16N4O3. The van der Waals surface area contributed by atoms with Crippen molar-refractivity contribution in [3.8, 4) is 0 Å². The summed E-state index contributed by atoms with van der Waals surface area (Å²) < 4.78 is 0. The molecule has 0 aromatic carbocycles. The minimum atomic E-state index is -0.692. The van der Waals surface area contributed by atoms with Gasteiger partial charge in [0.1, 0.15) is 12.0 Å². The average Bonchev–Trinajstić information content (AvgIpc) is 2.83. The number of primary amides is 1. The van der Waals surface area contributed by atoms with E-state index in [1.807, 2.05) is 0 Å². The summed E-state index contributed by atoms with van der Waals surface area (Å²) in [5, 5.41) is 14.1. The van der Waals surface area contributed by atoms with Gasteiger partial charge in [0.05, 0.1) is 10.5 Å². The van der Waals surface area contributed by atoms with Crippen molar-refractivity contribution in [2.45, 2.75) is 25.3 Å². The van der Waals surface area contributed by atoms with Crippen LogP contribution in [0.2, 0.25) is 0 Å². The van der Waals surface area contributed by atoms with E-state index in [9.17, 15) is 14.9 Å². The van der Waals surface area contributed by atoms with Crippen LogP contribution in [-0.2, 0) is 0 Å². The second kappa shape index (κ2) is 4.16. The van der Waals surface area contributed by atoms with E-state index in [1.165, 1.54) is 31.5 Å². The van der Waals surface area contributed by atoms with Crippen molar-refractivity contribution in [3.05, 3.63) is 27.9 Å². The smallest absolute Gasteiger partial charge is 0.288 e. The highest BCUT2D eigenvalue weighted by Crippen LogP contribution is 2.66. The summed E-state index contributed by atoms with van der Waals surface area (Å²) in [7, 11) is 0. The molecule has 110 valence electrons. The van der Waals surface area contributed by atoms with Crippen LogP contribution in [0.5, 0.6) is 0 Å². The monoisotopic (exact) mass is 288 g/mol. The average molecular weight is 288 g/mol. The molecule has 4 atom stereocenters. The van der Waals surface area contributed by atoms with Crippen LogP contribution in [0.25, 0.3) is 0 Å². The number of nitro groups is 1. The summed E-state index contributed by atoms with van der Waals surface area (Å²) in [5.74, 6) is 2.65. The lowest BCUT2D eigenvalue weighted by atomic mass is 10.0. The summed E-state index contributed by atoms with van der Waals surface area (Å²) in [6.07, 6.45) is 5.12. The molecule has 2 bridgehead atoms. The predicted molar refractivity (Wildman–Crippen MR) is 74.6 cm³/mol. The Morgan fingerprint density at radius 3 is 2.62 bits per heavy atom. The number of nitrogens with zero attached hydrogens (tertiary/aromatic N) is 2. The SMILES string of the molecule is NC(=O)c1cc([N+](=O)[O-])cnc1NC1C2C3CCC(C3)C12. The number of hydrogen-bond donors (Lipinski definition) is 2. The van der Waals surface area contributed by atoms with Crippen molar-refractivity contribution in [3.63, 3.8) is 0 Å². The quantitative estimate of drug-likeness (QED) is 0.645. The molecule has 3 fully saturated rings. The lowest BCUT2D eigenvalue weighted by Gasteiger charge is -2.12. The first-order valence-electron chi connectivity index (χ1n) is 7.27. The molecule has 1 heterocycles. The van der Waals surface area contributed by atoms with Gasteiger partial charge in [0, 0.05) is 12.1 Å². The Morgan fingerprint density at radius 2 is 2.05 bits per heavy atom. The molecule has 3 N–H and O–H groups in total. The van der Waals surface area contributed by atoms with Gasteiger partial charge in [-0.2, -0.15) is 0 Å². The Bertz CT molecular complexity index is 631. The number of aromatic nitrogens is 1. The summed E-state index contributed by atoms with van der Waals surface area (Å²) in [6.45, 7) is 0. The van der Waals surface area contributed by atoms with Crippen LogP contribution in [0.15, 0.2) is 12.3 Å². The van der Waals surface area contributed by atoms with Crippen molar-refractivity contribution in [1.29, 1.82) is 0 Å². The zero-order valence-corrected chi connectivity index (χ0v) is 11.4. The second-order valence-electron chi connectivity index (χ2n) is 6.37. The van der Waals surface area contributed by atoms with Crippen LogP contribution in [0.3, 0.4) is 0 Å². The van der Waals surface area contributed by atoms with Crippen molar-refractivity contribution < 1.29 is 9.72 Å². The van der Waals surface area contributed by atoms with Gasteiger partial charge < -0.3 is 11.1 Å². The van der Waals surface area contributed by atoms with E-state index >= 15 is 0 Å². The standard InChI is InChI=1S/C14H16N4O3/c15-13(19)9-4-8(18(20)21)5-16-14(9)17-12-10-6-1-2-7(3-6)11(10)12/h4-7,10-12H,1-3H2,(H2,15,19)(H,16,17). The number of pyridine rings is 1. The van der Waals surface area contributed by atoms with Gasteiger partial charge in [-0.3, -0.25) is 14.9 Å². The Morgan fingerprint density at radius 1 is 1.38 bits per heavy atom. The third-order valence-electron chi connectivity index (χ3n) is 5.39. The maximum atomic E-state index is 11.5. The molecule has 3 aliphatic rings.